The highest BCUT2D eigenvalue weighted by Gasteiger charge is 2.16. The van der Waals surface area contributed by atoms with E-state index in [-0.39, 0.29) is 30.4 Å². The van der Waals surface area contributed by atoms with Crippen molar-refractivity contribution in [3.63, 3.8) is 0 Å². The van der Waals surface area contributed by atoms with Gasteiger partial charge in [0, 0.05) is 22.4 Å². The van der Waals surface area contributed by atoms with Crippen LogP contribution in [-0.2, 0) is 11.3 Å². The molecule has 0 radical (unpaired) electrons. The zero-order valence-electron chi connectivity index (χ0n) is 14.6. The van der Waals surface area contributed by atoms with E-state index in [4.69, 9.17) is 0 Å². The van der Waals surface area contributed by atoms with Crippen LogP contribution >= 0.6 is 35.1 Å². The summed E-state index contributed by atoms with van der Waals surface area (Å²) in [5.41, 5.74) is 0.746. The van der Waals surface area contributed by atoms with E-state index in [2.05, 4.69) is 15.6 Å². The van der Waals surface area contributed by atoms with Crippen molar-refractivity contribution in [2.24, 2.45) is 5.92 Å². The second kappa shape index (κ2) is 8.97. The molecule has 1 aliphatic heterocycles. The molecule has 144 valence electrons. The van der Waals surface area contributed by atoms with E-state index >= 15 is 0 Å². The van der Waals surface area contributed by atoms with E-state index in [9.17, 15) is 9.59 Å². The Morgan fingerprint density at radius 3 is 3.04 bits per heavy atom. The van der Waals surface area contributed by atoms with Gasteiger partial charge in [0.1, 0.15) is 11.4 Å². The lowest BCUT2D eigenvalue weighted by Gasteiger charge is -2.10. The first-order valence-corrected chi connectivity index (χ1v) is 10.5. The number of nitrogens with one attached hydrogen (secondary N) is 2. The number of thiophene rings is 2. The molecule has 4 rings (SSSR count). The van der Waals surface area contributed by atoms with Crippen molar-refractivity contribution in [1.82, 2.24) is 20.2 Å². The van der Waals surface area contributed by atoms with Gasteiger partial charge in [-0.25, -0.2) is 4.98 Å². The van der Waals surface area contributed by atoms with E-state index < -0.39 is 0 Å². The van der Waals surface area contributed by atoms with E-state index in [0.717, 1.165) is 30.0 Å². The van der Waals surface area contributed by atoms with Crippen molar-refractivity contribution in [2.45, 2.75) is 19.4 Å². The van der Waals surface area contributed by atoms with Crippen LogP contribution in [0.4, 0.5) is 0 Å². The highest BCUT2D eigenvalue weighted by molar-refractivity contribution is 7.18. The van der Waals surface area contributed by atoms with Gasteiger partial charge < -0.3 is 10.6 Å². The van der Waals surface area contributed by atoms with Gasteiger partial charge in [-0.1, -0.05) is 6.07 Å². The third-order valence-corrected chi connectivity index (χ3v) is 6.49. The smallest absolute Gasteiger partial charge is 0.263 e. The molecule has 0 bridgehead atoms. The number of carbonyl (C=O) groups is 1. The van der Waals surface area contributed by atoms with Crippen LogP contribution in [-0.4, -0.2) is 35.1 Å². The summed E-state index contributed by atoms with van der Waals surface area (Å²) in [6, 6.07) is 3.96. The van der Waals surface area contributed by atoms with Gasteiger partial charge in [-0.2, -0.15) is 0 Å². The second-order valence-electron chi connectivity index (χ2n) is 6.48. The summed E-state index contributed by atoms with van der Waals surface area (Å²) in [7, 11) is 0. The van der Waals surface area contributed by atoms with E-state index in [1.54, 1.807) is 11.3 Å². The monoisotopic (exact) mass is 424 g/mol. The van der Waals surface area contributed by atoms with Crippen LogP contribution in [0.2, 0.25) is 0 Å². The van der Waals surface area contributed by atoms with Gasteiger partial charge in [0.15, 0.2) is 0 Å². The van der Waals surface area contributed by atoms with Gasteiger partial charge in [-0.15, -0.1) is 35.1 Å². The van der Waals surface area contributed by atoms with Gasteiger partial charge in [0.2, 0.25) is 5.91 Å². The zero-order chi connectivity index (χ0) is 17.9. The maximum atomic E-state index is 12.9. The molecule has 0 saturated carbocycles. The number of hydrogen-bond donors (Lipinski definition) is 2. The molecule has 27 heavy (non-hydrogen) atoms. The Bertz CT molecular complexity index is 962. The maximum Gasteiger partial charge on any atom is 0.263 e. The molecule has 0 aromatic carbocycles. The fraction of sp³-hybridized carbons (Fsp3) is 0.389. The zero-order valence-corrected chi connectivity index (χ0v) is 17.1. The Labute approximate surface area is 171 Å². The number of rotatable bonds is 6. The van der Waals surface area contributed by atoms with Crippen LogP contribution in [0.25, 0.3) is 20.7 Å². The van der Waals surface area contributed by atoms with Crippen molar-refractivity contribution in [1.29, 1.82) is 0 Å². The average molecular weight is 425 g/mol. The molecule has 1 fully saturated rings. The summed E-state index contributed by atoms with van der Waals surface area (Å²) < 4.78 is 1.40. The van der Waals surface area contributed by atoms with Gasteiger partial charge in [0.05, 0.1) is 11.7 Å². The number of hydrogen-bond acceptors (Lipinski definition) is 6. The van der Waals surface area contributed by atoms with Crippen LogP contribution in [0.15, 0.2) is 34.0 Å². The molecule has 1 saturated heterocycles. The largest absolute Gasteiger partial charge is 0.355 e. The van der Waals surface area contributed by atoms with Gasteiger partial charge in [0.25, 0.3) is 5.56 Å². The molecule has 9 heteroatoms. The fourth-order valence-electron chi connectivity index (χ4n) is 3.28. The summed E-state index contributed by atoms with van der Waals surface area (Å²) in [5.74, 6) is 0.488. The predicted molar refractivity (Wildman–Crippen MR) is 113 cm³/mol. The van der Waals surface area contributed by atoms with Crippen molar-refractivity contribution < 1.29 is 4.79 Å². The summed E-state index contributed by atoms with van der Waals surface area (Å²) in [6.45, 7) is 2.74. The van der Waals surface area contributed by atoms with E-state index in [0.29, 0.717) is 22.7 Å². The molecular formula is C18H21ClN4O2S2. The summed E-state index contributed by atoms with van der Waals surface area (Å²) in [6.07, 6.45) is 3.61. The van der Waals surface area contributed by atoms with Crippen molar-refractivity contribution in [3.8, 4) is 10.4 Å². The highest BCUT2D eigenvalue weighted by atomic mass is 35.5. The molecule has 6 nitrogen and oxygen atoms in total. The normalized spacial score (nSPS) is 16.4. The number of halogens is 1. The number of nitrogens with zero attached hydrogens (tertiary/aromatic N) is 2. The van der Waals surface area contributed by atoms with Crippen LogP contribution in [0.3, 0.4) is 0 Å². The molecule has 1 aliphatic rings. The van der Waals surface area contributed by atoms with Gasteiger partial charge in [-0.3, -0.25) is 14.2 Å². The van der Waals surface area contributed by atoms with E-state index in [1.807, 2.05) is 22.9 Å². The first-order valence-electron chi connectivity index (χ1n) is 8.70. The minimum atomic E-state index is -0.158. The Morgan fingerprint density at radius 1 is 1.41 bits per heavy atom. The molecule has 1 amide bonds. The fourth-order valence-corrected chi connectivity index (χ4v) is 5.00. The molecular weight excluding hydrogens is 404 g/mol. The maximum absolute atomic E-state index is 12.9. The molecule has 0 aliphatic carbocycles. The molecule has 3 aromatic heterocycles. The highest BCUT2D eigenvalue weighted by Crippen LogP contribution is 2.33. The number of aromatic nitrogens is 2. The lowest BCUT2D eigenvalue weighted by molar-refractivity contribution is -0.121. The van der Waals surface area contributed by atoms with Crippen LogP contribution in [0.5, 0.6) is 0 Å². The summed E-state index contributed by atoms with van der Waals surface area (Å²) in [4.78, 5) is 31.2. The molecule has 3 aromatic rings. The Balaban J connectivity index is 0.00000210. The Hall–Kier alpha value is -1.74. The molecule has 1 atom stereocenters. The molecule has 0 spiro atoms. The Morgan fingerprint density at radius 2 is 2.30 bits per heavy atom. The van der Waals surface area contributed by atoms with Crippen molar-refractivity contribution >= 4 is 51.2 Å². The van der Waals surface area contributed by atoms with E-state index in [1.165, 1.54) is 28.7 Å². The molecule has 2 N–H and O–H groups in total. The third kappa shape index (κ3) is 4.40. The average Bonchev–Trinajstić information content (AvgIpc) is 3.38. The first-order chi connectivity index (χ1) is 12.7. The quantitative estimate of drug-likeness (QED) is 0.638. The number of carbonyl (C=O) groups excluding carboxylic acids is 1. The summed E-state index contributed by atoms with van der Waals surface area (Å²) in [5, 5.41) is 10.8. The number of fused-ring (bicyclic) bond motifs is 1. The lowest BCUT2D eigenvalue weighted by atomic mass is 10.1. The topological polar surface area (TPSA) is 76.0 Å². The minimum absolute atomic E-state index is 0. The molecule has 4 heterocycles. The van der Waals surface area contributed by atoms with Crippen LogP contribution in [0, 0.1) is 5.92 Å². The first kappa shape index (κ1) is 20.0. The van der Waals surface area contributed by atoms with Crippen LogP contribution in [0.1, 0.15) is 12.8 Å². The van der Waals surface area contributed by atoms with Crippen LogP contribution < -0.4 is 16.2 Å². The second-order valence-corrected chi connectivity index (χ2v) is 8.29. The lowest BCUT2D eigenvalue weighted by Crippen LogP contribution is -2.33. The predicted octanol–water partition coefficient (Wildman–Crippen LogP) is 2.72. The van der Waals surface area contributed by atoms with Gasteiger partial charge in [-0.05, 0) is 43.3 Å². The summed E-state index contributed by atoms with van der Waals surface area (Å²) >= 11 is 3.05. The third-order valence-electron chi connectivity index (χ3n) is 4.70. The Kier molecular flexibility index (Phi) is 6.64. The SMILES string of the molecule is Cl.O=C(Cn1cnc2scc(-c3cccs3)c2c1=O)NCCC1CCNC1. The minimum Gasteiger partial charge on any atom is -0.355 e. The number of amides is 1. The van der Waals surface area contributed by atoms with Crippen molar-refractivity contribution in [3.05, 3.63) is 39.6 Å². The molecule has 1 unspecified atom stereocenters. The van der Waals surface area contributed by atoms with Crippen molar-refractivity contribution in [2.75, 3.05) is 19.6 Å². The van der Waals surface area contributed by atoms with Gasteiger partial charge >= 0.3 is 0 Å². The standard InChI is InChI=1S/C18H20N4O2S2.ClH/c23-15(20-6-4-12-3-5-19-8-12)9-22-11-21-17-16(18(22)24)13(10-26-17)14-2-1-7-25-14;/h1-2,7,10-12,19H,3-6,8-9H2,(H,20,23);1H.